The third kappa shape index (κ3) is 4.32. The van der Waals surface area contributed by atoms with Crippen LogP contribution in [-0.2, 0) is 15.7 Å². The van der Waals surface area contributed by atoms with Crippen molar-refractivity contribution in [3.8, 4) is 5.69 Å². The summed E-state index contributed by atoms with van der Waals surface area (Å²) in [5.74, 6) is 0.452. The Bertz CT molecular complexity index is 1240. The van der Waals surface area contributed by atoms with Crippen molar-refractivity contribution in [1.29, 1.82) is 0 Å². The van der Waals surface area contributed by atoms with Gasteiger partial charge >= 0.3 is 6.03 Å². The zero-order valence-electron chi connectivity index (χ0n) is 21.2. The average Bonchev–Trinajstić information content (AvgIpc) is 3.44. The van der Waals surface area contributed by atoms with Crippen LogP contribution in [0.4, 0.5) is 10.7 Å². The van der Waals surface area contributed by atoms with Crippen LogP contribution in [-0.4, -0.2) is 74.8 Å². The molecule has 0 saturated carbocycles. The lowest BCUT2D eigenvalue weighted by Gasteiger charge is -2.36. The molecule has 0 aliphatic carbocycles. The highest BCUT2D eigenvalue weighted by molar-refractivity contribution is 6.07. The van der Waals surface area contributed by atoms with Crippen LogP contribution in [0.15, 0.2) is 54.6 Å². The summed E-state index contributed by atoms with van der Waals surface area (Å²) < 4.78 is 1.73. The second kappa shape index (κ2) is 9.02. The summed E-state index contributed by atoms with van der Waals surface area (Å²) in [5.41, 5.74) is 1.80. The molecule has 0 radical (unpaired) electrons. The molecule has 1 unspecified atom stereocenters. The molecule has 2 fully saturated rings. The summed E-state index contributed by atoms with van der Waals surface area (Å²) in [5, 5.41) is 15.1. The standard InChI is InChI=1S/C26H32N8O2/c1-25(2,3)19-10-12-20(13-11-19)26(4)22(35)33(24(36)27-26)18-31-14-16-32(17-15-31)23-28-29-30-34(23)21-8-6-5-7-9-21/h5-13H,14-18H2,1-4H3,(H,27,36). The van der Waals surface area contributed by atoms with E-state index in [1.54, 1.807) is 11.6 Å². The average molecular weight is 489 g/mol. The number of rotatable bonds is 5. The molecule has 3 aromatic rings. The number of nitrogens with one attached hydrogen (secondary N) is 1. The van der Waals surface area contributed by atoms with Crippen LogP contribution in [0.2, 0.25) is 0 Å². The maximum Gasteiger partial charge on any atom is 0.326 e. The molecular weight excluding hydrogens is 456 g/mol. The second-order valence-corrected chi connectivity index (χ2v) is 10.6. The van der Waals surface area contributed by atoms with Gasteiger partial charge in [0.2, 0.25) is 5.95 Å². The Labute approximate surface area is 210 Å². The number of carbonyl (C=O) groups excluding carboxylic acids is 2. The SMILES string of the molecule is CC(C)(C)c1ccc(C2(C)NC(=O)N(CN3CCN(c4nnnn4-c4ccccc4)CC3)C2=O)cc1. The van der Waals surface area contributed by atoms with Gasteiger partial charge in [0.05, 0.1) is 12.4 Å². The minimum atomic E-state index is -1.08. The summed E-state index contributed by atoms with van der Waals surface area (Å²) in [6, 6.07) is 17.4. The van der Waals surface area contributed by atoms with Gasteiger partial charge in [0.25, 0.3) is 5.91 Å². The molecule has 2 saturated heterocycles. The predicted octanol–water partition coefficient (Wildman–Crippen LogP) is 2.51. The maximum absolute atomic E-state index is 13.4. The van der Waals surface area contributed by atoms with E-state index in [0.29, 0.717) is 32.1 Å². The third-order valence-corrected chi connectivity index (χ3v) is 7.05. The molecule has 3 amide bonds. The molecule has 3 heterocycles. The highest BCUT2D eigenvalue weighted by Crippen LogP contribution is 2.31. The van der Waals surface area contributed by atoms with Crippen molar-refractivity contribution in [3.63, 3.8) is 0 Å². The van der Waals surface area contributed by atoms with Crippen molar-refractivity contribution in [2.75, 3.05) is 37.7 Å². The fourth-order valence-corrected chi connectivity index (χ4v) is 4.73. The lowest BCUT2D eigenvalue weighted by Crippen LogP contribution is -2.52. The largest absolute Gasteiger partial charge is 0.337 e. The monoisotopic (exact) mass is 488 g/mol. The Hall–Kier alpha value is -3.79. The van der Waals surface area contributed by atoms with Gasteiger partial charge in [0.15, 0.2) is 0 Å². The first-order valence-electron chi connectivity index (χ1n) is 12.2. The van der Waals surface area contributed by atoms with Gasteiger partial charge in [0.1, 0.15) is 5.54 Å². The summed E-state index contributed by atoms with van der Waals surface area (Å²) in [4.78, 5) is 31.8. The summed E-state index contributed by atoms with van der Waals surface area (Å²) in [6.45, 7) is 11.2. The number of amides is 3. The van der Waals surface area contributed by atoms with Gasteiger partial charge in [-0.3, -0.25) is 9.69 Å². The van der Waals surface area contributed by atoms with E-state index < -0.39 is 5.54 Å². The quantitative estimate of drug-likeness (QED) is 0.551. The molecular formula is C26H32N8O2. The van der Waals surface area contributed by atoms with E-state index in [1.165, 1.54) is 10.5 Å². The van der Waals surface area contributed by atoms with Gasteiger partial charge in [-0.2, -0.15) is 4.68 Å². The van der Waals surface area contributed by atoms with Crippen molar-refractivity contribution >= 4 is 17.9 Å². The van der Waals surface area contributed by atoms with E-state index >= 15 is 0 Å². The first-order chi connectivity index (χ1) is 17.2. The van der Waals surface area contributed by atoms with Gasteiger partial charge < -0.3 is 10.2 Å². The Morgan fingerprint density at radius 2 is 1.61 bits per heavy atom. The zero-order chi connectivity index (χ0) is 25.5. The van der Waals surface area contributed by atoms with E-state index in [1.807, 2.05) is 54.6 Å². The number of hydrogen-bond donors (Lipinski definition) is 1. The summed E-state index contributed by atoms with van der Waals surface area (Å²) >= 11 is 0. The number of tetrazole rings is 1. The van der Waals surface area contributed by atoms with Crippen LogP contribution in [0.5, 0.6) is 0 Å². The number of anilines is 1. The molecule has 1 atom stereocenters. The van der Waals surface area contributed by atoms with Crippen LogP contribution in [0.3, 0.4) is 0 Å². The second-order valence-electron chi connectivity index (χ2n) is 10.6. The molecule has 10 nitrogen and oxygen atoms in total. The number of aromatic nitrogens is 4. The van der Waals surface area contributed by atoms with Crippen LogP contribution >= 0.6 is 0 Å². The van der Waals surface area contributed by atoms with Crippen LogP contribution in [0.1, 0.15) is 38.8 Å². The van der Waals surface area contributed by atoms with Crippen LogP contribution < -0.4 is 10.2 Å². The van der Waals surface area contributed by atoms with Crippen molar-refractivity contribution in [1.82, 2.24) is 35.3 Å². The van der Waals surface area contributed by atoms with E-state index in [-0.39, 0.29) is 24.0 Å². The topological polar surface area (TPSA) is 99.5 Å². The third-order valence-electron chi connectivity index (χ3n) is 7.05. The van der Waals surface area contributed by atoms with Crippen molar-refractivity contribution < 1.29 is 9.59 Å². The minimum Gasteiger partial charge on any atom is -0.337 e. The number of urea groups is 1. The first kappa shape index (κ1) is 23.9. The molecule has 10 heteroatoms. The summed E-state index contributed by atoms with van der Waals surface area (Å²) in [7, 11) is 0. The molecule has 1 N–H and O–H groups in total. The molecule has 36 heavy (non-hydrogen) atoms. The van der Waals surface area contributed by atoms with Gasteiger partial charge in [-0.15, -0.1) is 0 Å². The van der Waals surface area contributed by atoms with E-state index in [0.717, 1.165) is 11.3 Å². The van der Waals surface area contributed by atoms with Gasteiger partial charge in [-0.05, 0) is 46.0 Å². The van der Waals surface area contributed by atoms with Crippen molar-refractivity contribution in [3.05, 3.63) is 65.7 Å². The predicted molar refractivity (Wildman–Crippen MR) is 136 cm³/mol. The Morgan fingerprint density at radius 3 is 2.25 bits per heavy atom. The summed E-state index contributed by atoms with van der Waals surface area (Å²) in [6.07, 6.45) is 0. The smallest absolute Gasteiger partial charge is 0.326 e. The molecule has 0 spiro atoms. The van der Waals surface area contributed by atoms with Crippen LogP contribution in [0.25, 0.3) is 5.69 Å². The van der Waals surface area contributed by atoms with Crippen molar-refractivity contribution in [2.45, 2.75) is 38.6 Å². The molecule has 0 bridgehead atoms. The number of carbonyl (C=O) groups is 2. The highest BCUT2D eigenvalue weighted by Gasteiger charge is 2.49. The zero-order valence-corrected chi connectivity index (χ0v) is 21.2. The molecule has 2 aromatic carbocycles. The lowest BCUT2D eigenvalue weighted by molar-refractivity contribution is -0.132. The van der Waals surface area contributed by atoms with Gasteiger partial charge in [-0.1, -0.05) is 68.3 Å². The Kier molecular flexibility index (Phi) is 5.99. The molecule has 1 aromatic heterocycles. The fourth-order valence-electron chi connectivity index (χ4n) is 4.73. The number of hydrogen-bond acceptors (Lipinski definition) is 7. The molecule has 5 rings (SSSR count). The van der Waals surface area contributed by atoms with Gasteiger partial charge in [-0.25, -0.2) is 9.69 Å². The first-order valence-corrected chi connectivity index (χ1v) is 12.2. The number of piperazine rings is 1. The van der Waals surface area contributed by atoms with E-state index in [4.69, 9.17) is 0 Å². The van der Waals surface area contributed by atoms with Crippen LogP contribution in [0, 0.1) is 0 Å². The van der Waals surface area contributed by atoms with Gasteiger partial charge in [0, 0.05) is 26.2 Å². The molecule has 2 aliphatic rings. The number of imide groups is 1. The number of nitrogens with zero attached hydrogens (tertiary/aromatic N) is 7. The molecule has 188 valence electrons. The number of benzene rings is 2. The van der Waals surface area contributed by atoms with E-state index in [9.17, 15) is 9.59 Å². The Morgan fingerprint density at radius 1 is 0.944 bits per heavy atom. The van der Waals surface area contributed by atoms with Crippen molar-refractivity contribution in [2.24, 2.45) is 0 Å². The number of para-hydroxylation sites is 1. The fraction of sp³-hybridized carbons (Fsp3) is 0.423. The Balaban J connectivity index is 1.24. The normalized spacial score (nSPS) is 21.2. The lowest BCUT2D eigenvalue weighted by atomic mass is 9.84. The van der Waals surface area contributed by atoms with E-state index in [2.05, 4.69) is 51.4 Å². The molecule has 2 aliphatic heterocycles. The maximum atomic E-state index is 13.4. The minimum absolute atomic E-state index is 0.0148. The highest BCUT2D eigenvalue weighted by atomic mass is 16.2.